The van der Waals surface area contributed by atoms with Crippen LogP contribution in [0, 0.1) is 12.7 Å². The van der Waals surface area contributed by atoms with Crippen LogP contribution in [0.2, 0.25) is 0 Å². The van der Waals surface area contributed by atoms with Gasteiger partial charge in [0, 0.05) is 17.3 Å². The summed E-state index contributed by atoms with van der Waals surface area (Å²) >= 11 is 0. The van der Waals surface area contributed by atoms with E-state index in [2.05, 4.69) is 16.9 Å². The normalized spacial score (nSPS) is 11.5. The number of fused-ring (bicyclic) bond motifs is 2. The van der Waals surface area contributed by atoms with Crippen LogP contribution < -0.4 is 11.3 Å². The van der Waals surface area contributed by atoms with Crippen LogP contribution in [0.5, 0.6) is 5.75 Å². The van der Waals surface area contributed by atoms with E-state index in [1.54, 1.807) is 9.25 Å². The van der Waals surface area contributed by atoms with Crippen molar-refractivity contribution in [3.63, 3.8) is 0 Å². The number of benzene rings is 3. The Hall–Kier alpha value is -5.05. The third-order valence-electron chi connectivity index (χ3n) is 6.97. The predicted octanol–water partition coefficient (Wildman–Crippen LogP) is 5.14. The van der Waals surface area contributed by atoms with Crippen molar-refractivity contribution in [1.29, 1.82) is 0 Å². The van der Waals surface area contributed by atoms with Gasteiger partial charge in [0.2, 0.25) is 0 Å². The van der Waals surface area contributed by atoms with Crippen LogP contribution in [-0.2, 0) is 13.0 Å². The van der Waals surface area contributed by atoms with Crippen molar-refractivity contribution in [3.8, 4) is 22.7 Å². The van der Waals surface area contributed by atoms with Gasteiger partial charge in [-0.05, 0) is 54.1 Å². The molecule has 8 nitrogen and oxygen atoms in total. The molecule has 0 bridgehead atoms. The molecule has 0 saturated heterocycles. The molecule has 0 fully saturated rings. The summed E-state index contributed by atoms with van der Waals surface area (Å²) in [6, 6.07) is 19.3. The molecule has 6 aromatic rings. The van der Waals surface area contributed by atoms with E-state index >= 15 is 0 Å². The Labute approximate surface area is 222 Å². The summed E-state index contributed by atoms with van der Waals surface area (Å²) in [5.41, 5.74) is 10.6. The van der Waals surface area contributed by atoms with Gasteiger partial charge in [-0.15, -0.1) is 0 Å². The molecule has 0 aliphatic heterocycles. The number of phenolic OH excluding ortho intramolecular Hbond substituents is 1. The Kier molecular flexibility index (Phi) is 5.83. The van der Waals surface area contributed by atoms with E-state index in [4.69, 9.17) is 10.8 Å². The van der Waals surface area contributed by atoms with E-state index in [0.29, 0.717) is 33.4 Å². The van der Waals surface area contributed by atoms with Crippen LogP contribution in [0.25, 0.3) is 38.8 Å². The molecule has 0 unspecified atom stereocenters. The lowest BCUT2D eigenvalue weighted by Crippen LogP contribution is -2.25. The Bertz CT molecular complexity index is 1940. The maximum absolute atomic E-state index is 14.2. The number of anilines is 1. The first kappa shape index (κ1) is 24.3. The summed E-state index contributed by atoms with van der Waals surface area (Å²) in [4.78, 5) is 22.6. The monoisotopic (exact) mass is 520 g/mol. The van der Waals surface area contributed by atoms with Gasteiger partial charge in [-0.1, -0.05) is 43.3 Å². The fourth-order valence-corrected chi connectivity index (χ4v) is 5.20. The number of halogens is 1. The third-order valence-corrected chi connectivity index (χ3v) is 6.97. The molecule has 194 valence electrons. The minimum absolute atomic E-state index is 0.123. The summed E-state index contributed by atoms with van der Waals surface area (Å²) in [7, 11) is 0. The van der Waals surface area contributed by atoms with Crippen molar-refractivity contribution in [3.05, 3.63) is 106 Å². The molecule has 6 rings (SSSR count). The van der Waals surface area contributed by atoms with Gasteiger partial charge in [-0.2, -0.15) is 5.10 Å². The van der Waals surface area contributed by atoms with Crippen molar-refractivity contribution in [2.75, 3.05) is 5.73 Å². The Morgan fingerprint density at radius 1 is 1.00 bits per heavy atom. The lowest BCUT2D eigenvalue weighted by atomic mass is 10.0. The zero-order chi connectivity index (χ0) is 27.3. The number of nitrogen functional groups attached to an aromatic ring is 1. The highest BCUT2D eigenvalue weighted by atomic mass is 19.1. The number of aromatic hydroxyl groups is 1. The molecule has 3 heterocycles. The van der Waals surface area contributed by atoms with Crippen LogP contribution >= 0.6 is 0 Å². The van der Waals surface area contributed by atoms with Gasteiger partial charge in [0.15, 0.2) is 5.65 Å². The maximum atomic E-state index is 14.2. The van der Waals surface area contributed by atoms with Gasteiger partial charge in [-0.3, -0.25) is 9.36 Å². The average molecular weight is 521 g/mol. The Balaban J connectivity index is 1.63. The van der Waals surface area contributed by atoms with Crippen LogP contribution in [0.1, 0.15) is 23.7 Å². The van der Waals surface area contributed by atoms with E-state index in [0.717, 1.165) is 34.7 Å². The first-order chi connectivity index (χ1) is 18.9. The molecule has 0 spiro atoms. The number of pyridine rings is 1. The summed E-state index contributed by atoms with van der Waals surface area (Å²) in [6.07, 6.45) is 2.08. The molecule has 0 aliphatic carbocycles. The predicted molar refractivity (Wildman–Crippen MR) is 150 cm³/mol. The molecule has 3 N–H and O–H groups in total. The fourth-order valence-electron chi connectivity index (χ4n) is 5.20. The molecule has 0 radical (unpaired) electrons. The summed E-state index contributed by atoms with van der Waals surface area (Å²) in [5, 5.41) is 16.7. The summed E-state index contributed by atoms with van der Waals surface area (Å²) in [6.45, 7) is 4.16. The first-order valence-corrected chi connectivity index (χ1v) is 12.5. The smallest absolute Gasteiger partial charge is 0.263 e. The Morgan fingerprint density at radius 3 is 2.62 bits per heavy atom. The van der Waals surface area contributed by atoms with Gasteiger partial charge >= 0.3 is 0 Å². The molecule has 9 heteroatoms. The van der Waals surface area contributed by atoms with Crippen LogP contribution in [0.3, 0.4) is 0 Å². The Morgan fingerprint density at radius 2 is 1.82 bits per heavy atom. The fraction of sp³-hybridized carbons (Fsp3) is 0.133. The first-order valence-electron chi connectivity index (χ1n) is 12.5. The molecule has 0 atom stereocenters. The molecule has 39 heavy (non-hydrogen) atoms. The van der Waals surface area contributed by atoms with Crippen molar-refractivity contribution in [2.24, 2.45) is 0 Å². The van der Waals surface area contributed by atoms with Gasteiger partial charge < -0.3 is 10.8 Å². The molecule has 0 saturated carbocycles. The highest BCUT2D eigenvalue weighted by Crippen LogP contribution is 2.33. The van der Waals surface area contributed by atoms with E-state index < -0.39 is 5.82 Å². The number of hydrogen-bond acceptors (Lipinski definition) is 6. The highest BCUT2D eigenvalue weighted by Gasteiger charge is 2.21. The second-order valence-electron chi connectivity index (χ2n) is 9.46. The number of nitrogens with two attached hydrogens (primary N) is 1. The summed E-state index contributed by atoms with van der Waals surface area (Å²) < 4.78 is 17.6. The van der Waals surface area contributed by atoms with Crippen LogP contribution in [0.4, 0.5) is 10.2 Å². The largest absolute Gasteiger partial charge is 0.508 e. The van der Waals surface area contributed by atoms with Gasteiger partial charge in [0.05, 0.1) is 23.0 Å². The molecule has 0 amide bonds. The topological polar surface area (TPSA) is 112 Å². The van der Waals surface area contributed by atoms with E-state index in [1.807, 2.05) is 55.5 Å². The zero-order valence-corrected chi connectivity index (χ0v) is 21.4. The van der Waals surface area contributed by atoms with E-state index in [1.165, 1.54) is 18.5 Å². The number of nitrogens with zero attached hydrogens (tertiary/aromatic N) is 5. The van der Waals surface area contributed by atoms with Crippen LogP contribution in [0.15, 0.2) is 77.9 Å². The molecular formula is C30H25FN6O2. The molecule has 3 aromatic heterocycles. The van der Waals surface area contributed by atoms with Gasteiger partial charge in [-0.25, -0.2) is 19.0 Å². The van der Waals surface area contributed by atoms with Crippen LogP contribution in [-0.4, -0.2) is 29.4 Å². The second-order valence-corrected chi connectivity index (χ2v) is 9.46. The number of phenols is 1. The molecular weight excluding hydrogens is 495 g/mol. The number of rotatable bonds is 5. The number of aromatic nitrogens is 5. The maximum Gasteiger partial charge on any atom is 0.263 e. The zero-order valence-electron chi connectivity index (χ0n) is 21.4. The lowest BCUT2D eigenvalue weighted by Gasteiger charge is -2.18. The minimum Gasteiger partial charge on any atom is -0.508 e. The van der Waals surface area contributed by atoms with Crippen molar-refractivity contribution in [1.82, 2.24) is 24.3 Å². The van der Waals surface area contributed by atoms with Crippen molar-refractivity contribution in [2.45, 2.75) is 26.8 Å². The second kappa shape index (κ2) is 9.36. The SMILES string of the molecule is CCc1ccccc1-n1c(Cn2nc(-c3cc(O)cc(F)c3)c3c(N)ncnc32)cc2cccc(C)c2c1=O. The highest BCUT2D eigenvalue weighted by molar-refractivity contribution is 5.98. The van der Waals surface area contributed by atoms with Crippen molar-refractivity contribution >= 4 is 27.6 Å². The van der Waals surface area contributed by atoms with E-state index in [9.17, 15) is 14.3 Å². The quantitative estimate of drug-likeness (QED) is 0.325. The lowest BCUT2D eigenvalue weighted by molar-refractivity contribution is 0.469. The third kappa shape index (κ3) is 4.08. The summed E-state index contributed by atoms with van der Waals surface area (Å²) in [5.74, 6) is -0.677. The van der Waals surface area contributed by atoms with Crippen molar-refractivity contribution < 1.29 is 9.50 Å². The van der Waals surface area contributed by atoms with E-state index in [-0.39, 0.29) is 23.7 Å². The minimum atomic E-state index is -0.613. The number of aryl methyl sites for hydroxylation is 2. The molecule has 0 aliphatic rings. The van der Waals surface area contributed by atoms with Gasteiger partial charge in [0.25, 0.3) is 5.56 Å². The number of para-hydroxylation sites is 1. The molecule has 3 aromatic carbocycles. The average Bonchev–Trinajstić information content (AvgIpc) is 3.28. The standard InChI is InChI=1S/C30H25FN6O2/c1-3-18-8-4-5-10-24(18)37-22(12-19-9-6-7-17(2)25(19)30(37)39)15-36-29-26(28(32)33-16-34-29)27(35-36)20-11-21(31)14-23(38)13-20/h4-14,16,38H,3,15H2,1-2H3,(H2,32,33,34). The number of hydrogen-bond donors (Lipinski definition) is 2. The van der Waals surface area contributed by atoms with Gasteiger partial charge in [0.1, 0.15) is 29.4 Å².